The van der Waals surface area contributed by atoms with Gasteiger partial charge in [-0.15, -0.1) is 0 Å². The van der Waals surface area contributed by atoms with Gasteiger partial charge in [-0.25, -0.2) is 13.2 Å². The second-order valence-electron chi connectivity index (χ2n) is 5.93. The number of carbonyl (C=O) groups excluding carboxylic acids is 1. The van der Waals surface area contributed by atoms with Crippen LogP contribution in [0.15, 0.2) is 24.3 Å². The average molecular weight is 388 g/mol. The zero-order chi connectivity index (χ0) is 20.2. The van der Waals surface area contributed by atoms with Crippen LogP contribution in [0.1, 0.15) is 45.7 Å². The molecule has 8 heteroatoms. The molecule has 1 rings (SSSR count). The van der Waals surface area contributed by atoms with Gasteiger partial charge in [-0.3, -0.25) is 9.62 Å². The van der Waals surface area contributed by atoms with Gasteiger partial charge in [-0.05, 0) is 31.2 Å². The molecular weight excluding hydrogens is 354 g/mol. The van der Waals surface area contributed by atoms with Crippen molar-refractivity contribution in [3.63, 3.8) is 0 Å². The lowest BCUT2D eigenvalue weighted by Crippen LogP contribution is -2.36. The number of nitrogens with zero attached hydrogens (tertiary/aromatic N) is 1. The largest absolute Gasteiger partial charge is 0.453 e. The van der Waals surface area contributed by atoms with Crippen molar-refractivity contribution in [2.24, 2.45) is 0 Å². The van der Waals surface area contributed by atoms with Gasteiger partial charge in [0.1, 0.15) is 0 Å². The summed E-state index contributed by atoms with van der Waals surface area (Å²) in [5.41, 5.74) is 1.54. The Hall–Kier alpha value is -1.80. The number of hydrogen-bond donors (Lipinski definition) is 2. The van der Waals surface area contributed by atoms with E-state index in [0.717, 1.165) is 18.4 Å². The summed E-state index contributed by atoms with van der Waals surface area (Å²) in [6.07, 6.45) is 1.92. The number of amides is 1. The first kappa shape index (κ1) is 24.2. The molecule has 1 atom stereocenters. The van der Waals surface area contributed by atoms with Crippen LogP contribution in [0.2, 0.25) is 0 Å². The summed E-state index contributed by atoms with van der Waals surface area (Å²) in [6.45, 7) is 10.3. The van der Waals surface area contributed by atoms with Gasteiger partial charge in [-0.1, -0.05) is 39.3 Å². The zero-order valence-electron chi connectivity index (χ0n) is 16.7. The van der Waals surface area contributed by atoms with Crippen LogP contribution < -0.4 is 10.0 Å². The molecule has 1 aromatic carbocycles. The molecule has 0 saturated heterocycles. The Morgan fingerprint density at radius 1 is 1.27 bits per heavy atom. The Morgan fingerprint density at radius 3 is 2.38 bits per heavy atom. The number of alkyl carbamates (subject to hydrolysis) is 1. The molecule has 1 unspecified atom stereocenters. The molecule has 0 spiro atoms. The van der Waals surface area contributed by atoms with Gasteiger partial charge in [0, 0.05) is 24.8 Å². The highest BCUT2D eigenvalue weighted by molar-refractivity contribution is 7.92. The summed E-state index contributed by atoms with van der Waals surface area (Å²) in [7, 11) is -1.97. The van der Waals surface area contributed by atoms with E-state index in [0.29, 0.717) is 18.8 Å². The number of ether oxygens (including phenoxy) is 1. The Kier molecular flexibility index (Phi) is 11.7. The van der Waals surface area contributed by atoms with Gasteiger partial charge >= 0.3 is 6.09 Å². The Balaban J connectivity index is 0.00000194. The van der Waals surface area contributed by atoms with Crippen molar-refractivity contribution in [2.75, 3.05) is 37.7 Å². The third kappa shape index (κ3) is 10.2. The lowest BCUT2D eigenvalue weighted by atomic mass is 10.1. The van der Waals surface area contributed by atoms with E-state index in [9.17, 15) is 13.2 Å². The normalized spacial score (nSPS) is 12.0. The molecule has 150 valence electrons. The van der Waals surface area contributed by atoms with Crippen molar-refractivity contribution in [3.05, 3.63) is 29.8 Å². The molecular formula is C18H33N3O4S. The van der Waals surface area contributed by atoms with Crippen molar-refractivity contribution < 1.29 is 17.9 Å². The fourth-order valence-corrected chi connectivity index (χ4v) is 2.84. The van der Waals surface area contributed by atoms with Crippen LogP contribution in [-0.2, 0) is 14.8 Å². The van der Waals surface area contributed by atoms with Crippen LogP contribution in [0.25, 0.3) is 0 Å². The van der Waals surface area contributed by atoms with Gasteiger partial charge in [0.25, 0.3) is 0 Å². The van der Waals surface area contributed by atoms with E-state index in [-0.39, 0.29) is 6.04 Å². The monoisotopic (exact) mass is 387 g/mol. The Morgan fingerprint density at radius 2 is 1.88 bits per heavy atom. The molecule has 0 bridgehead atoms. The summed E-state index contributed by atoms with van der Waals surface area (Å²) in [5.74, 6) is 0. The van der Waals surface area contributed by atoms with E-state index in [1.54, 1.807) is 6.07 Å². The molecule has 1 amide bonds. The summed E-state index contributed by atoms with van der Waals surface area (Å²) < 4.78 is 29.7. The number of methoxy groups -OCH3 is 1. The van der Waals surface area contributed by atoms with Gasteiger partial charge in [0.2, 0.25) is 10.0 Å². The van der Waals surface area contributed by atoms with Crippen LogP contribution in [0, 0.1) is 0 Å². The second kappa shape index (κ2) is 12.5. The lowest BCUT2D eigenvalue weighted by Gasteiger charge is -2.28. The molecule has 0 aliphatic rings. The molecule has 0 saturated carbocycles. The van der Waals surface area contributed by atoms with E-state index < -0.39 is 16.1 Å². The maximum atomic E-state index is 11.3. The Labute approximate surface area is 158 Å². The molecule has 0 aromatic heterocycles. The van der Waals surface area contributed by atoms with Crippen LogP contribution in [0.5, 0.6) is 0 Å². The molecule has 0 fully saturated rings. The van der Waals surface area contributed by atoms with Crippen LogP contribution in [0.4, 0.5) is 10.5 Å². The number of likely N-dealkylation sites (N-methyl/N-ethyl adjacent to an activating group) is 1. The maximum absolute atomic E-state index is 11.3. The third-order valence-corrected chi connectivity index (χ3v) is 4.09. The fourth-order valence-electron chi connectivity index (χ4n) is 2.29. The van der Waals surface area contributed by atoms with Gasteiger partial charge < -0.3 is 10.1 Å². The van der Waals surface area contributed by atoms with Crippen molar-refractivity contribution in [3.8, 4) is 0 Å². The fraction of sp³-hybridized carbons (Fsp3) is 0.611. The van der Waals surface area contributed by atoms with E-state index in [1.165, 1.54) is 13.5 Å². The van der Waals surface area contributed by atoms with Crippen LogP contribution in [-0.4, -0.2) is 52.4 Å². The van der Waals surface area contributed by atoms with Crippen molar-refractivity contribution in [2.45, 2.75) is 40.2 Å². The van der Waals surface area contributed by atoms with Gasteiger partial charge in [0.05, 0.1) is 13.4 Å². The quantitative estimate of drug-likeness (QED) is 0.715. The Bertz CT molecular complexity index is 635. The number of benzene rings is 1. The van der Waals surface area contributed by atoms with Gasteiger partial charge in [-0.2, -0.15) is 0 Å². The first-order valence-corrected chi connectivity index (χ1v) is 10.7. The van der Waals surface area contributed by atoms with E-state index in [2.05, 4.69) is 33.5 Å². The number of sulfonamides is 1. The summed E-state index contributed by atoms with van der Waals surface area (Å²) in [4.78, 5) is 13.3. The highest BCUT2D eigenvalue weighted by Gasteiger charge is 2.15. The third-order valence-electron chi connectivity index (χ3n) is 3.48. The number of carbonyl (C=O) groups is 1. The standard InChI is InChI=1S/C15H25N3O4S.C3H8/c1-5-18(10-9-16-15(19)22-3)12(2)13-7-6-8-14(11-13)17-23(4,20)21;1-3-2/h6-8,11-12,17H,5,9-10H2,1-4H3,(H,16,19);3H2,1-2H3. The SMILES string of the molecule is CCC.CCN(CCNC(=O)OC)C(C)c1cccc(NS(C)(=O)=O)c1. The van der Waals surface area contributed by atoms with Crippen LogP contribution in [0.3, 0.4) is 0 Å². The topological polar surface area (TPSA) is 87.7 Å². The average Bonchev–Trinajstić information content (AvgIpc) is 2.57. The minimum absolute atomic E-state index is 0.0840. The molecule has 0 radical (unpaired) electrons. The number of hydrogen-bond acceptors (Lipinski definition) is 5. The summed E-state index contributed by atoms with van der Waals surface area (Å²) >= 11 is 0. The second-order valence-corrected chi connectivity index (χ2v) is 7.68. The molecule has 7 nitrogen and oxygen atoms in total. The predicted molar refractivity (Wildman–Crippen MR) is 107 cm³/mol. The number of nitrogens with one attached hydrogen (secondary N) is 2. The minimum atomic E-state index is -3.30. The first-order valence-electron chi connectivity index (χ1n) is 8.82. The molecule has 26 heavy (non-hydrogen) atoms. The maximum Gasteiger partial charge on any atom is 0.406 e. The van der Waals surface area contributed by atoms with E-state index >= 15 is 0 Å². The minimum Gasteiger partial charge on any atom is -0.453 e. The van der Waals surface area contributed by atoms with Crippen molar-refractivity contribution in [1.82, 2.24) is 10.2 Å². The summed E-state index contributed by atoms with van der Waals surface area (Å²) in [5, 5.41) is 2.65. The molecule has 0 heterocycles. The zero-order valence-corrected chi connectivity index (χ0v) is 17.5. The van der Waals surface area contributed by atoms with Gasteiger partial charge in [0.15, 0.2) is 0 Å². The molecule has 0 aliphatic carbocycles. The molecule has 2 N–H and O–H groups in total. The van der Waals surface area contributed by atoms with Crippen LogP contribution >= 0.6 is 0 Å². The van der Waals surface area contributed by atoms with Crippen molar-refractivity contribution >= 4 is 21.8 Å². The molecule has 1 aromatic rings. The number of rotatable bonds is 8. The summed E-state index contributed by atoms with van der Waals surface area (Å²) in [6, 6.07) is 7.39. The van der Waals surface area contributed by atoms with E-state index in [4.69, 9.17) is 0 Å². The number of anilines is 1. The van der Waals surface area contributed by atoms with Crippen molar-refractivity contribution in [1.29, 1.82) is 0 Å². The smallest absolute Gasteiger partial charge is 0.406 e. The first-order chi connectivity index (χ1) is 12.2. The van der Waals surface area contributed by atoms with E-state index in [1.807, 2.05) is 32.0 Å². The lowest BCUT2D eigenvalue weighted by molar-refractivity contribution is 0.165. The highest BCUT2D eigenvalue weighted by Crippen LogP contribution is 2.23. The molecule has 0 aliphatic heterocycles. The highest BCUT2D eigenvalue weighted by atomic mass is 32.2. The predicted octanol–water partition coefficient (Wildman–Crippen LogP) is 3.21.